The van der Waals surface area contributed by atoms with Crippen LogP contribution in [0.25, 0.3) is 0 Å². The lowest BCUT2D eigenvalue weighted by Crippen LogP contribution is -2.43. The number of hydrogen-bond acceptors (Lipinski definition) is 6. The molecule has 1 fully saturated rings. The third-order valence-corrected chi connectivity index (χ3v) is 2.84. The van der Waals surface area contributed by atoms with E-state index in [4.69, 9.17) is 9.94 Å². The summed E-state index contributed by atoms with van der Waals surface area (Å²) in [6.45, 7) is 3.50. The highest BCUT2D eigenvalue weighted by atomic mass is 16.8. The number of nitrogens with zero attached hydrogens (tertiary/aromatic N) is 2. The SMILES string of the molecule is COc1ccc(N([O-])O)cc1N1CCNCC1. The highest BCUT2D eigenvalue weighted by Crippen LogP contribution is 2.32. The lowest BCUT2D eigenvalue weighted by Gasteiger charge is -2.32. The molecule has 0 amide bonds. The summed E-state index contributed by atoms with van der Waals surface area (Å²) < 4.78 is 5.27. The van der Waals surface area contributed by atoms with Gasteiger partial charge >= 0.3 is 0 Å². The summed E-state index contributed by atoms with van der Waals surface area (Å²) in [4.78, 5) is 2.13. The molecule has 17 heavy (non-hydrogen) atoms. The standard InChI is InChI=1S/C11H16N3O3/c1-17-11-3-2-9(14(15)16)8-10(11)13-6-4-12-5-7-13/h2-3,8,12,15H,4-7H2,1H3/q-1. The molecule has 0 spiro atoms. The molecule has 6 heteroatoms. The molecular formula is C11H16N3O3-. The van der Waals surface area contributed by atoms with Crippen LogP contribution in [0, 0.1) is 5.21 Å². The maximum Gasteiger partial charge on any atom is 0.142 e. The lowest BCUT2D eigenvalue weighted by atomic mass is 10.2. The van der Waals surface area contributed by atoms with Crippen LogP contribution in [0.4, 0.5) is 11.4 Å². The normalized spacial score (nSPS) is 15.8. The van der Waals surface area contributed by atoms with Crippen LogP contribution in [-0.2, 0) is 0 Å². The molecule has 2 N–H and O–H groups in total. The van der Waals surface area contributed by atoms with E-state index in [1.54, 1.807) is 19.2 Å². The van der Waals surface area contributed by atoms with Gasteiger partial charge in [-0.2, -0.15) is 0 Å². The second kappa shape index (κ2) is 5.22. The summed E-state index contributed by atoms with van der Waals surface area (Å²) >= 11 is 0. The summed E-state index contributed by atoms with van der Waals surface area (Å²) in [5.41, 5.74) is 1.04. The van der Waals surface area contributed by atoms with Crippen LogP contribution >= 0.6 is 0 Å². The van der Waals surface area contributed by atoms with Gasteiger partial charge in [0.15, 0.2) is 0 Å². The lowest BCUT2D eigenvalue weighted by molar-refractivity contribution is 0.296. The zero-order chi connectivity index (χ0) is 12.3. The number of ether oxygens (including phenoxy) is 1. The van der Waals surface area contributed by atoms with E-state index in [0.29, 0.717) is 5.75 Å². The van der Waals surface area contributed by atoms with Crippen LogP contribution < -0.4 is 20.2 Å². The largest absolute Gasteiger partial charge is 0.733 e. The van der Waals surface area contributed by atoms with Gasteiger partial charge in [0.25, 0.3) is 0 Å². The molecule has 0 aliphatic carbocycles. The minimum atomic E-state index is -0.134. The molecule has 1 aliphatic rings. The van der Waals surface area contributed by atoms with Crippen molar-refractivity contribution in [2.24, 2.45) is 0 Å². The zero-order valence-corrected chi connectivity index (χ0v) is 9.72. The van der Waals surface area contributed by atoms with Gasteiger partial charge in [-0.15, -0.1) is 0 Å². The van der Waals surface area contributed by atoms with Crippen molar-refractivity contribution in [3.8, 4) is 5.75 Å². The Hall–Kier alpha value is -1.50. The van der Waals surface area contributed by atoms with E-state index in [2.05, 4.69) is 10.2 Å². The number of benzene rings is 1. The van der Waals surface area contributed by atoms with Crippen molar-refractivity contribution < 1.29 is 9.94 Å². The Morgan fingerprint density at radius 3 is 2.71 bits per heavy atom. The molecule has 94 valence electrons. The van der Waals surface area contributed by atoms with Crippen LogP contribution in [-0.4, -0.2) is 38.5 Å². The fraction of sp³-hybridized carbons (Fsp3) is 0.455. The van der Waals surface area contributed by atoms with Gasteiger partial charge < -0.3 is 25.4 Å². The molecule has 0 bridgehead atoms. The van der Waals surface area contributed by atoms with E-state index >= 15 is 0 Å². The maximum absolute atomic E-state index is 10.9. The van der Waals surface area contributed by atoms with E-state index in [0.717, 1.165) is 31.9 Å². The first-order valence-electron chi connectivity index (χ1n) is 5.52. The average Bonchev–Trinajstić information content (AvgIpc) is 2.39. The van der Waals surface area contributed by atoms with Gasteiger partial charge in [0.2, 0.25) is 0 Å². The van der Waals surface area contributed by atoms with Crippen LogP contribution in [0.3, 0.4) is 0 Å². The third-order valence-electron chi connectivity index (χ3n) is 2.84. The van der Waals surface area contributed by atoms with Crippen molar-refractivity contribution in [3.05, 3.63) is 23.4 Å². The molecule has 0 radical (unpaired) electrons. The zero-order valence-electron chi connectivity index (χ0n) is 9.72. The van der Waals surface area contributed by atoms with Crippen LogP contribution in [0.1, 0.15) is 0 Å². The number of methoxy groups -OCH3 is 1. The number of piperazine rings is 1. The summed E-state index contributed by atoms with van der Waals surface area (Å²) in [7, 11) is 1.59. The quantitative estimate of drug-likeness (QED) is 0.759. The first-order valence-corrected chi connectivity index (χ1v) is 5.52. The molecule has 2 rings (SSSR count). The molecular weight excluding hydrogens is 222 g/mol. The Morgan fingerprint density at radius 1 is 1.41 bits per heavy atom. The molecule has 0 aromatic heterocycles. The average molecular weight is 238 g/mol. The number of hydrogen-bond donors (Lipinski definition) is 2. The van der Waals surface area contributed by atoms with Crippen molar-refractivity contribution in [3.63, 3.8) is 0 Å². The van der Waals surface area contributed by atoms with Crippen molar-refractivity contribution >= 4 is 11.4 Å². The monoisotopic (exact) mass is 238 g/mol. The van der Waals surface area contributed by atoms with Gasteiger partial charge in [-0.25, -0.2) is 0 Å². The summed E-state index contributed by atoms with van der Waals surface area (Å²) in [5.74, 6) is 0.706. The van der Waals surface area contributed by atoms with Gasteiger partial charge in [0, 0.05) is 26.2 Å². The second-order valence-electron chi connectivity index (χ2n) is 3.87. The van der Waals surface area contributed by atoms with E-state index < -0.39 is 0 Å². The topological polar surface area (TPSA) is 71.0 Å². The number of anilines is 2. The first-order chi connectivity index (χ1) is 8.22. The van der Waals surface area contributed by atoms with E-state index in [1.807, 2.05) is 0 Å². The van der Waals surface area contributed by atoms with E-state index in [1.165, 1.54) is 6.07 Å². The van der Waals surface area contributed by atoms with Crippen LogP contribution in [0.5, 0.6) is 5.75 Å². The fourth-order valence-corrected chi connectivity index (χ4v) is 1.95. The van der Waals surface area contributed by atoms with E-state index in [-0.39, 0.29) is 10.9 Å². The van der Waals surface area contributed by atoms with Gasteiger partial charge in [0.05, 0.1) is 18.5 Å². The van der Waals surface area contributed by atoms with Gasteiger partial charge in [-0.3, -0.25) is 5.21 Å². The summed E-state index contributed by atoms with van der Waals surface area (Å²) in [6.07, 6.45) is 0. The second-order valence-corrected chi connectivity index (χ2v) is 3.87. The fourth-order valence-electron chi connectivity index (χ4n) is 1.95. The Kier molecular flexibility index (Phi) is 3.68. The van der Waals surface area contributed by atoms with Gasteiger partial charge in [0.1, 0.15) is 5.75 Å². The summed E-state index contributed by atoms with van der Waals surface area (Å²) in [6, 6.07) is 4.85. The Morgan fingerprint density at radius 2 is 2.12 bits per heavy atom. The molecule has 1 heterocycles. The van der Waals surface area contributed by atoms with E-state index in [9.17, 15) is 5.21 Å². The molecule has 6 nitrogen and oxygen atoms in total. The number of nitrogens with one attached hydrogen (secondary N) is 1. The highest BCUT2D eigenvalue weighted by molar-refractivity contribution is 5.66. The molecule has 1 aromatic carbocycles. The number of rotatable bonds is 3. The predicted molar refractivity (Wildman–Crippen MR) is 65.7 cm³/mol. The van der Waals surface area contributed by atoms with Crippen LogP contribution in [0.2, 0.25) is 0 Å². The van der Waals surface area contributed by atoms with Crippen LogP contribution in [0.15, 0.2) is 18.2 Å². The Labute approximate surface area is 99.9 Å². The van der Waals surface area contributed by atoms with Gasteiger partial charge in [-0.05, 0) is 18.2 Å². The van der Waals surface area contributed by atoms with Crippen molar-refractivity contribution in [1.82, 2.24) is 5.32 Å². The molecule has 1 saturated heterocycles. The Bertz CT molecular complexity index is 378. The molecule has 0 saturated carbocycles. The van der Waals surface area contributed by atoms with Crippen molar-refractivity contribution in [2.75, 3.05) is 43.4 Å². The molecule has 1 aromatic rings. The van der Waals surface area contributed by atoms with Crippen molar-refractivity contribution in [1.29, 1.82) is 0 Å². The molecule has 0 atom stereocenters. The predicted octanol–water partition coefficient (Wildman–Crippen LogP) is 0.798. The smallest absolute Gasteiger partial charge is 0.142 e. The van der Waals surface area contributed by atoms with Crippen molar-refractivity contribution in [2.45, 2.75) is 0 Å². The Balaban J connectivity index is 2.30. The maximum atomic E-state index is 10.9. The third kappa shape index (κ3) is 2.60. The van der Waals surface area contributed by atoms with Gasteiger partial charge in [-0.1, -0.05) is 0 Å². The molecule has 1 aliphatic heterocycles. The first kappa shape index (κ1) is 12.0. The highest BCUT2D eigenvalue weighted by Gasteiger charge is 2.15. The minimum Gasteiger partial charge on any atom is -0.733 e. The minimum absolute atomic E-state index is 0.134. The summed E-state index contributed by atoms with van der Waals surface area (Å²) in [5, 5.41) is 22.9. The molecule has 0 unspecified atom stereocenters.